The first-order chi connectivity index (χ1) is 19.7. The Bertz CT molecular complexity index is 1830. The summed E-state index contributed by atoms with van der Waals surface area (Å²) in [5.74, 6) is 0.314. The van der Waals surface area contributed by atoms with Crippen LogP contribution in [0.2, 0.25) is 0 Å². The number of hydrogen-bond donors (Lipinski definition) is 3. The van der Waals surface area contributed by atoms with E-state index >= 15 is 0 Å². The highest BCUT2D eigenvalue weighted by Crippen LogP contribution is 2.50. The van der Waals surface area contributed by atoms with Crippen LogP contribution < -0.4 is 26.3 Å². The highest BCUT2D eigenvalue weighted by Gasteiger charge is 2.25. The van der Waals surface area contributed by atoms with Gasteiger partial charge < -0.3 is 26.3 Å². The van der Waals surface area contributed by atoms with Crippen molar-refractivity contribution in [2.24, 2.45) is 5.73 Å². The molecule has 0 aliphatic rings. The Kier molecular flexibility index (Phi) is 7.36. The van der Waals surface area contributed by atoms with Crippen molar-refractivity contribution < 1.29 is 19.1 Å². The molecule has 5 aromatic rings. The van der Waals surface area contributed by atoms with Crippen LogP contribution >= 0.6 is 11.3 Å². The molecule has 0 saturated carbocycles. The minimum absolute atomic E-state index is 0.208. The molecule has 206 valence electrons. The third-order valence-electron chi connectivity index (χ3n) is 6.22. The van der Waals surface area contributed by atoms with Gasteiger partial charge in [-0.05, 0) is 49.7 Å². The minimum Gasteiger partial charge on any atom is -0.496 e. The second-order valence-corrected chi connectivity index (χ2v) is 10.2. The molecule has 41 heavy (non-hydrogen) atoms. The van der Waals surface area contributed by atoms with Gasteiger partial charge in [0.25, 0.3) is 11.8 Å². The van der Waals surface area contributed by atoms with Gasteiger partial charge in [-0.1, -0.05) is 18.7 Å². The van der Waals surface area contributed by atoms with Crippen LogP contribution in [0, 0.1) is 6.92 Å². The molecule has 5 N–H and O–H groups in total. The molecule has 3 aromatic heterocycles. The molecule has 0 bridgehead atoms. The number of rotatable bonds is 8. The van der Waals surface area contributed by atoms with Gasteiger partial charge in [0.1, 0.15) is 17.3 Å². The number of aryl methyl sites for hydroxylation is 1. The molecule has 0 radical (unpaired) electrons. The molecule has 0 aliphatic carbocycles. The fourth-order valence-corrected chi connectivity index (χ4v) is 5.57. The van der Waals surface area contributed by atoms with Gasteiger partial charge in [-0.25, -0.2) is 15.0 Å². The van der Waals surface area contributed by atoms with E-state index in [9.17, 15) is 9.59 Å². The lowest BCUT2D eigenvalue weighted by atomic mass is 9.97. The molecule has 5 rings (SSSR count). The van der Waals surface area contributed by atoms with Gasteiger partial charge in [0.15, 0.2) is 0 Å². The fraction of sp³-hybridized carbons (Fsp3) is 0.100. The van der Waals surface area contributed by atoms with E-state index in [2.05, 4.69) is 26.8 Å². The van der Waals surface area contributed by atoms with Gasteiger partial charge in [-0.3, -0.25) is 9.59 Å². The van der Waals surface area contributed by atoms with Gasteiger partial charge in [0, 0.05) is 56.8 Å². The number of methoxy groups -OCH3 is 1. The summed E-state index contributed by atoms with van der Waals surface area (Å²) in [6.07, 6.45) is 3.00. The first-order valence-electron chi connectivity index (χ1n) is 12.4. The van der Waals surface area contributed by atoms with Gasteiger partial charge in [0.05, 0.1) is 17.4 Å². The summed E-state index contributed by atoms with van der Waals surface area (Å²) in [6.45, 7) is 7.16. The Hall–Kier alpha value is -5.29. The van der Waals surface area contributed by atoms with Crippen molar-refractivity contribution in [2.45, 2.75) is 13.8 Å². The first-order valence-corrected chi connectivity index (χ1v) is 13.2. The number of primary amides is 1. The lowest BCUT2D eigenvalue weighted by Gasteiger charge is -2.14. The molecule has 2 aromatic carbocycles. The summed E-state index contributed by atoms with van der Waals surface area (Å²) in [5, 5.41) is 3.38. The molecule has 0 atom stereocenters. The predicted octanol–water partition coefficient (Wildman–Crippen LogP) is 5.73. The van der Waals surface area contributed by atoms with E-state index in [1.165, 1.54) is 17.5 Å². The van der Waals surface area contributed by atoms with Gasteiger partial charge in [-0.2, -0.15) is 0 Å². The third kappa shape index (κ3) is 5.43. The van der Waals surface area contributed by atoms with Crippen LogP contribution in [0.15, 0.2) is 73.1 Å². The minimum atomic E-state index is -0.617. The van der Waals surface area contributed by atoms with Crippen LogP contribution in [0.5, 0.6) is 17.5 Å². The third-order valence-corrected chi connectivity index (χ3v) is 7.50. The molecule has 0 unspecified atom stereocenters. The molecule has 0 fully saturated rings. The van der Waals surface area contributed by atoms with E-state index in [0.717, 1.165) is 16.1 Å². The van der Waals surface area contributed by atoms with Crippen LogP contribution in [0.1, 0.15) is 23.0 Å². The van der Waals surface area contributed by atoms with Gasteiger partial charge in [0.2, 0.25) is 0 Å². The summed E-state index contributed by atoms with van der Waals surface area (Å²) in [7, 11) is 1.55. The summed E-state index contributed by atoms with van der Waals surface area (Å²) in [4.78, 5) is 37.9. The largest absolute Gasteiger partial charge is 0.496 e. The van der Waals surface area contributed by atoms with Crippen LogP contribution in [-0.4, -0.2) is 33.9 Å². The number of aromatic nitrogens is 3. The van der Waals surface area contributed by atoms with Gasteiger partial charge in [-0.15, -0.1) is 11.3 Å². The number of ether oxygens (including phenoxy) is 2. The number of nitrogen functional groups attached to an aromatic ring is 1. The number of carbonyl (C=O) groups excluding carboxylic acids is 2. The van der Waals surface area contributed by atoms with Gasteiger partial charge >= 0.3 is 6.01 Å². The highest BCUT2D eigenvalue weighted by atomic mass is 32.1. The lowest BCUT2D eigenvalue weighted by molar-refractivity contribution is -0.112. The number of amides is 2. The SMILES string of the molecule is C=C(C)C(=O)Nc1ccc(-c2sc3c(C(N)=O)cnc(N)c3c2-c2ccc(Oc3nccc(C)n3)cc2OC)cc1. The maximum Gasteiger partial charge on any atom is 0.322 e. The van der Waals surface area contributed by atoms with E-state index in [1.54, 1.807) is 50.6 Å². The van der Waals surface area contributed by atoms with Crippen molar-refractivity contribution in [2.75, 3.05) is 18.2 Å². The molecular weight excluding hydrogens is 540 g/mol. The van der Waals surface area contributed by atoms with E-state index < -0.39 is 5.91 Å². The number of anilines is 2. The maximum absolute atomic E-state index is 12.3. The molecule has 2 amide bonds. The summed E-state index contributed by atoms with van der Waals surface area (Å²) < 4.78 is 12.3. The number of thiophene rings is 1. The van der Waals surface area contributed by atoms with Crippen LogP contribution in [0.25, 0.3) is 31.7 Å². The molecule has 0 saturated heterocycles. The number of carbonyl (C=O) groups is 2. The second-order valence-electron chi connectivity index (χ2n) is 9.19. The molecule has 10 nitrogen and oxygen atoms in total. The Morgan fingerprint density at radius 3 is 2.49 bits per heavy atom. The van der Waals surface area contributed by atoms with Crippen LogP contribution in [-0.2, 0) is 4.79 Å². The number of benzene rings is 2. The standard InChI is InChI=1S/C30H26N6O4S/c1-15(2)29(38)36-18-7-5-17(6-8-18)25-23(24-26(41-25)21(28(32)37)14-34-27(24)31)20-10-9-19(13-22(20)39-4)40-30-33-12-11-16(3)35-30/h5-14H,1H2,2-4H3,(H2,31,34)(H2,32,37)(H,36,38). The summed E-state index contributed by atoms with van der Waals surface area (Å²) in [5.41, 5.74) is 16.4. The quantitative estimate of drug-likeness (QED) is 0.201. The fourth-order valence-electron chi connectivity index (χ4n) is 4.22. The van der Waals surface area contributed by atoms with Crippen molar-refractivity contribution in [3.8, 4) is 39.1 Å². The molecule has 11 heteroatoms. The van der Waals surface area contributed by atoms with Crippen molar-refractivity contribution in [1.29, 1.82) is 0 Å². The molecule has 3 heterocycles. The molecular formula is C30H26N6O4S. The van der Waals surface area contributed by atoms with E-state index in [1.807, 2.05) is 25.1 Å². The summed E-state index contributed by atoms with van der Waals surface area (Å²) >= 11 is 1.36. The Morgan fingerprint density at radius 1 is 1.07 bits per heavy atom. The maximum atomic E-state index is 12.3. The van der Waals surface area contributed by atoms with Crippen molar-refractivity contribution in [3.05, 3.63) is 84.3 Å². The lowest BCUT2D eigenvalue weighted by Crippen LogP contribution is -2.11. The zero-order valence-corrected chi connectivity index (χ0v) is 23.3. The summed E-state index contributed by atoms with van der Waals surface area (Å²) in [6, 6.07) is 14.6. The Labute approximate surface area is 239 Å². The Balaban J connectivity index is 1.68. The Morgan fingerprint density at radius 2 is 1.83 bits per heavy atom. The van der Waals surface area contributed by atoms with E-state index in [0.29, 0.717) is 44.0 Å². The zero-order chi connectivity index (χ0) is 29.3. The smallest absolute Gasteiger partial charge is 0.322 e. The van der Waals surface area contributed by atoms with Crippen molar-refractivity contribution >= 4 is 44.7 Å². The van der Waals surface area contributed by atoms with Crippen LogP contribution in [0.3, 0.4) is 0 Å². The van der Waals surface area contributed by atoms with Crippen LogP contribution in [0.4, 0.5) is 11.5 Å². The van der Waals surface area contributed by atoms with E-state index in [-0.39, 0.29) is 23.3 Å². The van der Waals surface area contributed by atoms with Crippen molar-refractivity contribution in [1.82, 2.24) is 15.0 Å². The predicted molar refractivity (Wildman–Crippen MR) is 160 cm³/mol. The number of nitrogens with one attached hydrogen (secondary N) is 1. The normalized spacial score (nSPS) is 10.8. The number of nitrogens with zero attached hydrogens (tertiary/aromatic N) is 3. The number of nitrogens with two attached hydrogens (primary N) is 2. The zero-order valence-electron chi connectivity index (χ0n) is 22.5. The molecule has 0 aliphatic heterocycles. The first kappa shape index (κ1) is 27.3. The molecule has 0 spiro atoms. The van der Waals surface area contributed by atoms with E-state index in [4.69, 9.17) is 20.9 Å². The number of hydrogen-bond acceptors (Lipinski definition) is 9. The topological polar surface area (TPSA) is 155 Å². The van der Waals surface area contributed by atoms with Crippen molar-refractivity contribution in [3.63, 3.8) is 0 Å². The average Bonchev–Trinajstić information content (AvgIpc) is 3.34. The second kappa shape index (κ2) is 11.1. The number of pyridine rings is 1. The average molecular weight is 567 g/mol. The monoisotopic (exact) mass is 566 g/mol. The number of fused-ring (bicyclic) bond motifs is 1. The highest BCUT2D eigenvalue weighted by molar-refractivity contribution is 7.23.